The molecule has 2 aromatic carbocycles. The van der Waals surface area contributed by atoms with Gasteiger partial charge >= 0.3 is 0 Å². The third-order valence-electron chi connectivity index (χ3n) is 6.20. The van der Waals surface area contributed by atoms with Crippen molar-refractivity contribution in [2.24, 2.45) is 0 Å². The minimum Gasteiger partial charge on any atom is -0.486 e. The summed E-state index contributed by atoms with van der Waals surface area (Å²) in [5.74, 6) is -0.155. The lowest BCUT2D eigenvalue weighted by molar-refractivity contribution is -0.139. The summed E-state index contributed by atoms with van der Waals surface area (Å²) in [5, 5.41) is 3.39. The number of ether oxygens (including phenoxy) is 2. The highest BCUT2D eigenvalue weighted by Crippen LogP contribution is 2.35. The molecule has 11 heteroatoms. The fourth-order valence-corrected chi connectivity index (χ4v) is 5.05. The molecule has 0 saturated carbocycles. The maximum Gasteiger partial charge on any atom is 0.244 e. The van der Waals surface area contributed by atoms with Gasteiger partial charge in [-0.1, -0.05) is 30.7 Å². The van der Waals surface area contributed by atoms with Crippen LogP contribution in [0.25, 0.3) is 0 Å². The van der Waals surface area contributed by atoms with Gasteiger partial charge in [-0.05, 0) is 57.0 Å². The highest BCUT2D eigenvalue weighted by Gasteiger charge is 2.32. The third-order valence-corrected chi connectivity index (χ3v) is 8.18. The summed E-state index contributed by atoms with van der Waals surface area (Å²) < 4.78 is 38.4. The number of sulfonamides is 1. The molecule has 0 aromatic heterocycles. The lowest BCUT2D eigenvalue weighted by Crippen LogP contribution is -2.52. The van der Waals surface area contributed by atoms with Crippen molar-refractivity contribution >= 4 is 39.1 Å². The molecule has 1 aliphatic heterocycles. The van der Waals surface area contributed by atoms with Gasteiger partial charge in [0.2, 0.25) is 21.8 Å². The largest absolute Gasteiger partial charge is 0.486 e. The Labute approximate surface area is 223 Å². The van der Waals surface area contributed by atoms with Crippen LogP contribution in [0.4, 0.5) is 5.69 Å². The second-order valence-corrected chi connectivity index (χ2v) is 11.5. The van der Waals surface area contributed by atoms with E-state index in [4.69, 9.17) is 21.1 Å². The number of rotatable bonds is 11. The number of halogens is 1. The van der Waals surface area contributed by atoms with Crippen molar-refractivity contribution in [1.82, 2.24) is 10.2 Å². The Balaban J connectivity index is 1.94. The van der Waals surface area contributed by atoms with E-state index >= 15 is 0 Å². The first kappa shape index (κ1) is 28.6. The topological polar surface area (TPSA) is 105 Å². The van der Waals surface area contributed by atoms with Gasteiger partial charge in [-0.15, -0.1) is 0 Å². The first-order chi connectivity index (χ1) is 17.6. The summed E-state index contributed by atoms with van der Waals surface area (Å²) in [6.07, 6.45) is 0.729. The van der Waals surface area contributed by atoms with Crippen molar-refractivity contribution in [3.63, 3.8) is 0 Å². The van der Waals surface area contributed by atoms with E-state index in [0.717, 1.165) is 10.7 Å². The van der Waals surface area contributed by atoms with E-state index in [1.54, 1.807) is 49.4 Å². The molecule has 0 fully saturated rings. The maximum atomic E-state index is 13.7. The van der Waals surface area contributed by atoms with E-state index < -0.39 is 28.5 Å². The fourth-order valence-electron chi connectivity index (χ4n) is 3.79. The van der Waals surface area contributed by atoms with Crippen LogP contribution in [0, 0.1) is 0 Å². The summed E-state index contributed by atoms with van der Waals surface area (Å²) >= 11 is 6.15. The molecule has 0 radical (unpaired) electrons. The molecular weight excluding hydrogens is 518 g/mol. The number of hydrogen-bond donors (Lipinski definition) is 1. The van der Waals surface area contributed by atoms with Crippen molar-refractivity contribution in [3.05, 3.63) is 53.1 Å². The molecule has 0 unspecified atom stereocenters. The number of fused-ring (bicyclic) bond motifs is 1. The molecule has 9 nitrogen and oxygen atoms in total. The van der Waals surface area contributed by atoms with Crippen LogP contribution < -0.4 is 19.1 Å². The van der Waals surface area contributed by atoms with Gasteiger partial charge in [0.25, 0.3) is 0 Å². The Morgan fingerprint density at radius 1 is 1.05 bits per heavy atom. The monoisotopic (exact) mass is 551 g/mol. The molecule has 1 heterocycles. The summed E-state index contributed by atoms with van der Waals surface area (Å²) in [4.78, 5) is 28.1. The van der Waals surface area contributed by atoms with E-state index in [2.05, 4.69) is 5.32 Å². The molecule has 202 valence electrons. The SMILES string of the molecule is CC[C@H](C)NC(=O)[C@@H](C)N(Cc1cccc(Cl)c1)C(=O)CN(c1ccc2c(c1)OCCO2)S(=O)(=O)CC. The van der Waals surface area contributed by atoms with Crippen molar-refractivity contribution in [3.8, 4) is 11.5 Å². The molecule has 1 aliphatic rings. The van der Waals surface area contributed by atoms with E-state index in [0.29, 0.717) is 35.3 Å². The number of benzene rings is 2. The summed E-state index contributed by atoms with van der Waals surface area (Å²) in [6, 6.07) is 10.8. The number of anilines is 1. The van der Waals surface area contributed by atoms with Gasteiger partial charge in [-0.25, -0.2) is 8.42 Å². The highest BCUT2D eigenvalue weighted by atomic mass is 35.5. The van der Waals surface area contributed by atoms with Gasteiger partial charge < -0.3 is 19.7 Å². The van der Waals surface area contributed by atoms with Crippen LogP contribution in [0.2, 0.25) is 5.02 Å². The van der Waals surface area contributed by atoms with Crippen molar-refractivity contribution in [2.45, 2.75) is 52.7 Å². The number of nitrogens with one attached hydrogen (secondary N) is 1. The molecule has 0 saturated heterocycles. The Hall–Kier alpha value is -2.98. The van der Waals surface area contributed by atoms with Crippen LogP contribution >= 0.6 is 11.6 Å². The molecular formula is C26H34ClN3O6S. The van der Waals surface area contributed by atoms with Gasteiger partial charge in [0, 0.05) is 23.7 Å². The number of amides is 2. The average molecular weight is 552 g/mol. The van der Waals surface area contributed by atoms with E-state index in [1.807, 2.05) is 13.8 Å². The first-order valence-corrected chi connectivity index (χ1v) is 14.3. The minimum atomic E-state index is -3.85. The van der Waals surface area contributed by atoms with Gasteiger partial charge in [-0.2, -0.15) is 0 Å². The van der Waals surface area contributed by atoms with Crippen LogP contribution in [-0.4, -0.2) is 62.7 Å². The molecule has 0 aliphatic carbocycles. The zero-order valence-electron chi connectivity index (χ0n) is 21.6. The fraction of sp³-hybridized carbons (Fsp3) is 0.462. The third kappa shape index (κ3) is 7.29. The molecule has 2 amide bonds. The van der Waals surface area contributed by atoms with Crippen LogP contribution in [0.1, 0.15) is 39.7 Å². The molecule has 3 rings (SSSR count). The van der Waals surface area contributed by atoms with E-state index in [1.165, 1.54) is 11.8 Å². The zero-order chi connectivity index (χ0) is 27.2. The van der Waals surface area contributed by atoms with Crippen molar-refractivity contribution < 1.29 is 27.5 Å². The summed E-state index contributed by atoms with van der Waals surface area (Å²) in [7, 11) is -3.85. The average Bonchev–Trinajstić information content (AvgIpc) is 2.89. The van der Waals surface area contributed by atoms with Crippen LogP contribution in [-0.2, 0) is 26.2 Å². The number of carbonyl (C=O) groups excluding carboxylic acids is 2. The summed E-state index contributed by atoms with van der Waals surface area (Å²) in [5.41, 5.74) is 0.993. The van der Waals surface area contributed by atoms with Gasteiger partial charge in [0.1, 0.15) is 25.8 Å². The zero-order valence-corrected chi connectivity index (χ0v) is 23.1. The van der Waals surface area contributed by atoms with Crippen molar-refractivity contribution in [1.29, 1.82) is 0 Å². The first-order valence-electron chi connectivity index (χ1n) is 12.3. The standard InChI is InChI=1S/C26H34ClN3O6S/c1-5-18(3)28-26(32)19(4)29(16-20-8-7-9-21(27)14-20)25(31)17-30(37(33,34)6-2)22-10-11-23-24(15-22)36-13-12-35-23/h7-11,14-15,18-19H,5-6,12-13,16-17H2,1-4H3,(H,28,32)/t18-,19+/m0/s1. The predicted molar refractivity (Wildman–Crippen MR) is 144 cm³/mol. The van der Waals surface area contributed by atoms with E-state index in [9.17, 15) is 18.0 Å². The quantitative estimate of drug-likeness (QED) is 0.457. The second kappa shape index (κ2) is 12.5. The van der Waals surface area contributed by atoms with Gasteiger partial charge in [-0.3, -0.25) is 13.9 Å². The van der Waals surface area contributed by atoms with Crippen LogP contribution in [0.15, 0.2) is 42.5 Å². The second-order valence-electron chi connectivity index (χ2n) is 8.88. The Morgan fingerprint density at radius 3 is 2.41 bits per heavy atom. The lowest BCUT2D eigenvalue weighted by Gasteiger charge is -2.32. The molecule has 0 spiro atoms. The Morgan fingerprint density at radius 2 is 1.76 bits per heavy atom. The van der Waals surface area contributed by atoms with Crippen LogP contribution in [0.3, 0.4) is 0 Å². The highest BCUT2D eigenvalue weighted by molar-refractivity contribution is 7.92. The Kier molecular flexibility index (Phi) is 9.67. The maximum absolute atomic E-state index is 13.7. The molecule has 0 bridgehead atoms. The Bertz CT molecular complexity index is 1220. The van der Waals surface area contributed by atoms with Crippen LogP contribution in [0.5, 0.6) is 11.5 Å². The normalized spacial score (nSPS) is 14.4. The lowest BCUT2D eigenvalue weighted by atomic mass is 10.1. The van der Waals surface area contributed by atoms with Gasteiger partial charge in [0.05, 0.1) is 11.4 Å². The number of nitrogens with zero attached hydrogens (tertiary/aromatic N) is 2. The smallest absolute Gasteiger partial charge is 0.244 e. The minimum absolute atomic E-state index is 0.0762. The number of carbonyl (C=O) groups is 2. The van der Waals surface area contributed by atoms with Gasteiger partial charge in [0.15, 0.2) is 11.5 Å². The molecule has 2 aromatic rings. The number of hydrogen-bond acceptors (Lipinski definition) is 6. The molecule has 37 heavy (non-hydrogen) atoms. The predicted octanol–water partition coefficient (Wildman–Crippen LogP) is 3.60. The molecule has 2 atom stereocenters. The van der Waals surface area contributed by atoms with E-state index in [-0.39, 0.29) is 29.9 Å². The van der Waals surface area contributed by atoms with Crippen molar-refractivity contribution in [2.75, 3.05) is 29.8 Å². The molecule has 1 N–H and O–H groups in total. The summed E-state index contributed by atoms with van der Waals surface area (Å²) in [6.45, 7) is 7.30.